The first-order valence-corrected chi connectivity index (χ1v) is 11.1. The number of aliphatic imine (C=N–C) groups is 1. The molecule has 5 nitrogen and oxygen atoms in total. The van der Waals surface area contributed by atoms with Crippen molar-refractivity contribution in [1.82, 2.24) is 10.3 Å². The van der Waals surface area contributed by atoms with Crippen molar-refractivity contribution in [3.8, 4) is 0 Å². The predicted molar refractivity (Wildman–Crippen MR) is 131 cm³/mol. The second-order valence-electron chi connectivity index (χ2n) is 7.30. The van der Waals surface area contributed by atoms with Crippen LogP contribution in [0.1, 0.15) is 34.3 Å². The highest BCUT2D eigenvalue weighted by atomic mass is 35.5. The van der Waals surface area contributed by atoms with E-state index >= 15 is 0 Å². The smallest absolute Gasteiger partial charge is 0.258 e. The van der Waals surface area contributed by atoms with Gasteiger partial charge in [0.2, 0.25) is 5.96 Å². The number of hydrazone groups is 1. The van der Waals surface area contributed by atoms with E-state index in [-0.39, 0.29) is 11.8 Å². The molecule has 1 N–H and O–H groups in total. The largest absolute Gasteiger partial charge is 0.291 e. The summed E-state index contributed by atoms with van der Waals surface area (Å²) in [4.78, 5) is 17.3. The van der Waals surface area contributed by atoms with Crippen molar-refractivity contribution in [3.63, 3.8) is 0 Å². The topological polar surface area (TPSA) is 57.1 Å². The molecular formula is C25H22Cl2N4O. The fourth-order valence-corrected chi connectivity index (χ4v) is 3.82. The van der Waals surface area contributed by atoms with Gasteiger partial charge < -0.3 is 0 Å². The lowest BCUT2D eigenvalue weighted by Gasteiger charge is -2.19. The number of carbonyl (C=O) groups excluding carboxylic acids is 1. The summed E-state index contributed by atoms with van der Waals surface area (Å²) in [5.41, 5.74) is 3.52. The van der Waals surface area contributed by atoms with Gasteiger partial charge in [-0.25, -0.2) is 5.01 Å². The van der Waals surface area contributed by atoms with Crippen LogP contribution in [0.15, 0.2) is 89.0 Å². The van der Waals surface area contributed by atoms with Crippen molar-refractivity contribution in [2.45, 2.75) is 12.8 Å². The molecule has 1 unspecified atom stereocenters. The second-order valence-corrected chi connectivity index (χ2v) is 8.17. The van der Waals surface area contributed by atoms with Crippen LogP contribution in [0.2, 0.25) is 10.0 Å². The average molecular weight is 465 g/mol. The SMILES string of the molecule is CCN=C(NC(=O)c1ccc(Cl)cc1)N1CC(c2ccccc2)C(c2ccc(Cl)cc2)=N1. The molecule has 3 aromatic carbocycles. The molecule has 1 aliphatic rings. The Morgan fingerprint density at radius 3 is 2.25 bits per heavy atom. The number of hydrogen-bond acceptors (Lipinski definition) is 3. The van der Waals surface area contributed by atoms with E-state index in [0.29, 0.717) is 34.7 Å². The summed E-state index contributed by atoms with van der Waals surface area (Å²) in [6.45, 7) is 2.99. The molecule has 32 heavy (non-hydrogen) atoms. The van der Waals surface area contributed by atoms with Crippen molar-refractivity contribution in [2.24, 2.45) is 10.1 Å². The molecule has 4 rings (SSSR count). The highest BCUT2D eigenvalue weighted by Crippen LogP contribution is 2.29. The molecule has 0 radical (unpaired) electrons. The van der Waals surface area contributed by atoms with Crippen LogP contribution in [0.3, 0.4) is 0 Å². The first-order chi connectivity index (χ1) is 15.5. The summed E-state index contributed by atoms with van der Waals surface area (Å²) in [5.74, 6) is 0.171. The molecule has 7 heteroatoms. The third-order valence-corrected chi connectivity index (χ3v) is 5.64. The Morgan fingerprint density at radius 1 is 1.00 bits per heavy atom. The second kappa shape index (κ2) is 9.98. The fraction of sp³-hybridized carbons (Fsp3) is 0.160. The van der Waals surface area contributed by atoms with Crippen molar-refractivity contribution in [3.05, 3.63) is 106 Å². The number of hydrogen-bond donors (Lipinski definition) is 1. The highest BCUT2D eigenvalue weighted by Gasteiger charge is 2.32. The van der Waals surface area contributed by atoms with E-state index in [0.717, 1.165) is 16.8 Å². The molecule has 0 saturated carbocycles. The monoisotopic (exact) mass is 464 g/mol. The molecule has 0 spiro atoms. The van der Waals surface area contributed by atoms with E-state index in [1.165, 1.54) is 0 Å². The number of nitrogens with one attached hydrogen (secondary N) is 1. The summed E-state index contributed by atoms with van der Waals surface area (Å²) < 4.78 is 0. The van der Waals surface area contributed by atoms with Gasteiger partial charge in [-0.2, -0.15) is 5.10 Å². The van der Waals surface area contributed by atoms with Gasteiger partial charge in [-0.05, 0) is 54.4 Å². The zero-order chi connectivity index (χ0) is 22.5. The molecule has 1 heterocycles. The van der Waals surface area contributed by atoms with Gasteiger partial charge in [0, 0.05) is 28.1 Å². The average Bonchev–Trinajstić information content (AvgIpc) is 3.26. The molecule has 1 atom stereocenters. The van der Waals surface area contributed by atoms with Gasteiger partial charge in [-0.15, -0.1) is 0 Å². The quantitative estimate of drug-likeness (QED) is 0.403. The third-order valence-electron chi connectivity index (χ3n) is 5.14. The predicted octanol–water partition coefficient (Wildman–Crippen LogP) is 5.60. The number of halogens is 2. The Hall–Kier alpha value is -3.15. The summed E-state index contributed by atoms with van der Waals surface area (Å²) in [6, 6.07) is 24.6. The van der Waals surface area contributed by atoms with Crippen molar-refractivity contribution in [1.29, 1.82) is 0 Å². The lowest BCUT2D eigenvalue weighted by Crippen LogP contribution is -2.41. The fourth-order valence-electron chi connectivity index (χ4n) is 3.57. The van der Waals surface area contributed by atoms with Crippen LogP contribution in [0, 0.1) is 0 Å². The Morgan fingerprint density at radius 2 is 1.62 bits per heavy atom. The number of nitrogens with zero attached hydrogens (tertiary/aromatic N) is 3. The first kappa shape index (κ1) is 22.1. The van der Waals surface area contributed by atoms with Crippen LogP contribution in [0.4, 0.5) is 0 Å². The van der Waals surface area contributed by atoms with Crippen LogP contribution < -0.4 is 5.32 Å². The number of amides is 1. The van der Waals surface area contributed by atoms with Crippen LogP contribution >= 0.6 is 23.2 Å². The van der Waals surface area contributed by atoms with Crippen molar-refractivity contribution in [2.75, 3.05) is 13.1 Å². The summed E-state index contributed by atoms with van der Waals surface area (Å²) in [6.07, 6.45) is 0. The maximum Gasteiger partial charge on any atom is 0.258 e. The number of carbonyl (C=O) groups is 1. The minimum Gasteiger partial charge on any atom is -0.291 e. The zero-order valence-electron chi connectivity index (χ0n) is 17.5. The molecular weight excluding hydrogens is 443 g/mol. The zero-order valence-corrected chi connectivity index (χ0v) is 19.0. The molecule has 0 bridgehead atoms. The minimum absolute atomic E-state index is 0.0202. The number of guanidine groups is 1. The van der Waals surface area contributed by atoms with Gasteiger partial charge in [0.25, 0.3) is 5.91 Å². The lowest BCUT2D eigenvalue weighted by atomic mass is 9.91. The van der Waals surface area contributed by atoms with Gasteiger partial charge in [0.15, 0.2) is 0 Å². The standard InChI is InChI=1S/C25H22Cl2N4O/c1-2-28-25(29-24(32)19-10-14-21(27)15-11-19)31-16-22(17-6-4-3-5-7-17)23(30-31)18-8-12-20(26)13-9-18/h3-15,22H,2,16H2,1H3,(H,28,29,32). The summed E-state index contributed by atoms with van der Waals surface area (Å²) in [5, 5.41) is 10.8. The molecule has 162 valence electrons. The molecule has 0 aliphatic carbocycles. The van der Waals surface area contributed by atoms with Crippen molar-refractivity contribution >= 4 is 40.8 Å². The maximum atomic E-state index is 12.8. The molecule has 0 aromatic heterocycles. The van der Waals surface area contributed by atoms with Gasteiger partial charge in [-0.3, -0.25) is 15.1 Å². The number of rotatable bonds is 4. The first-order valence-electron chi connectivity index (χ1n) is 10.3. The lowest BCUT2D eigenvalue weighted by molar-refractivity contribution is 0.0972. The van der Waals surface area contributed by atoms with Gasteiger partial charge in [-0.1, -0.05) is 65.7 Å². The van der Waals surface area contributed by atoms with E-state index in [9.17, 15) is 4.79 Å². The van der Waals surface area contributed by atoms with Crippen LogP contribution in [-0.2, 0) is 0 Å². The molecule has 1 amide bonds. The summed E-state index contributed by atoms with van der Waals surface area (Å²) in [7, 11) is 0. The number of benzene rings is 3. The van der Waals surface area contributed by atoms with Crippen molar-refractivity contribution < 1.29 is 4.79 Å². The van der Waals surface area contributed by atoms with Gasteiger partial charge in [0.1, 0.15) is 0 Å². The van der Waals surface area contributed by atoms with E-state index < -0.39 is 0 Å². The Balaban J connectivity index is 1.65. The Kier molecular flexibility index (Phi) is 6.88. The normalized spacial score (nSPS) is 16.1. The third kappa shape index (κ3) is 5.01. The van der Waals surface area contributed by atoms with Crippen LogP contribution in [0.25, 0.3) is 0 Å². The Bertz CT molecular complexity index is 1140. The Labute approximate surface area is 197 Å². The highest BCUT2D eigenvalue weighted by molar-refractivity contribution is 6.31. The van der Waals surface area contributed by atoms with Gasteiger partial charge >= 0.3 is 0 Å². The maximum absolute atomic E-state index is 12.8. The van der Waals surface area contributed by atoms with Crippen LogP contribution in [-0.4, -0.2) is 35.7 Å². The molecule has 0 fully saturated rings. The molecule has 0 saturated heterocycles. The van der Waals surface area contributed by atoms with E-state index in [4.69, 9.17) is 28.3 Å². The van der Waals surface area contributed by atoms with E-state index in [1.54, 1.807) is 29.3 Å². The van der Waals surface area contributed by atoms with Gasteiger partial charge in [0.05, 0.1) is 12.3 Å². The summed E-state index contributed by atoms with van der Waals surface area (Å²) >= 11 is 12.0. The van der Waals surface area contributed by atoms with E-state index in [1.807, 2.05) is 49.4 Å². The molecule has 1 aliphatic heterocycles. The van der Waals surface area contributed by atoms with Crippen LogP contribution in [0.5, 0.6) is 0 Å². The molecule has 3 aromatic rings. The minimum atomic E-state index is -0.264. The van der Waals surface area contributed by atoms with E-state index in [2.05, 4.69) is 22.4 Å².